The second-order valence-corrected chi connectivity index (χ2v) is 8.62. The van der Waals surface area contributed by atoms with Gasteiger partial charge in [-0.05, 0) is 18.2 Å². The van der Waals surface area contributed by atoms with Crippen LogP contribution < -0.4 is 0 Å². The lowest BCUT2D eigenvalue weighted by molar-refractivity contribution is -0.214. The van der Waals surface area contributed by atoms with Gasteiger partial charge in [-0.2, -0.15) is 0 Å². The molecular formula is C25H27NO10. The van der Waals surface area contributed by atoms with Crippen LogP contribution in [0.15, 0.2) is 30.6 Å². The first kappa shape index (κ1) is 26.4. The number of aliphatic hydroxyl groups is 8. The molecule has 1 aromatic heterocycles. The molecule has 2 fully saturated rings. The normalized spacial score (nSPS) is 36.4. The van der Waals surface area contributed by atoms with Crippen LogP contribution >= 0.6 is 0 Å². The third-order valence-electron chi connectivity index (χ3n) is 6.30. The molecular weight excluding hydrogens is 474 g/mol. The van der Waals surface area contributed by atoms with E-state index in [9.17, 15) is 40.9 Å². The molecule has 11 nitrogen and oxygen atoms in total. The van der Waals surface area contributed by atoms with Crippen LogP contribution in [0.3, 0.4) is 0 Å². The number of hydrogen-bond acceptors (Lipinski definition) is 11. The summed E-state index contributed by atoms with van der Waals surface area (Å²) in [4.78, 5) is 4.12. The van der Waals surface area contributed by atoms with Gasteiger partial charge in [0.1, 0.15) is 61.0 Å². The van der Waals surface area contributed by atoms with Gasteiger partial charge in [0.05, 0.1) is 13.2 Å². The van der Waals surface area contributed by atoms with E-state index in [1.165, 1.54) is 0 Å². The van der Waals surface area contributed by atoms with Gasteiger partial charge in [0.15, 0.2) is 0 Å². The molecule has 2 aliphatic heterocycles. The molecule has 2 aliphatic rings. The minimum atomic E-state index is -1.53. The Morgan fingerprint density at radius 2 is 1.11 bits per heavy atom. The maximum atomic E-state index is 10.2. The van der Waals surface area contributed by atoms with Crippen molar-refractivity contribution in [2.24, 2.45) is 0 Å². The zero-order valence-corrected chi connectivity index (χ0v) is 18.9. The lowest BCUT2D eigenvalue weighted by Crippen LogP contribution is -2.58. The summed E-state index contributed by atoms with van der Waals surface area (Å²) in [5.41, 5.74) is 1.04. The maximum absolute atomic E-state index is 10.2. The second-order valence-electron chi connectivity index (χ2n) is 8.62. The summed E-state index contributed by atoms with van der Waals surface area (Å²) in [7, 11) is 0. The fourth-order valence-electron chi connectivity index (χ4n) is 4.15. The van der Waals surface area contributed by atoms with Crippen LogP contribution in [-0.4, -0.2) is 120 Å². The molecule has 0 radical (unpaired) electrons. The summed E-state index contributed by atoms with van der Waals surface area (Å²) in [6, 6.07) is 5.01. The highest BCUT2D eigenvalue weighted by Crippen LogP contribution is 2.24. The van der Waals surface area contributed by atoms with E-state index >= 15 is 0 Å². The molecule has 2 saturated heterocycles. The van der Waals surface area contributed by atoms with Crippen molar-refractivity contribution in [3.8, 4) is 23.7 Å². The number of benzene rings is 1. The number of nitrogens with zero attached hydrogens (tertiary/aromatic N) is 1. The minimum absolute atomic E-state index is 0.508. The summed E-state index contributed by atoms with van der Waals surface area (Å²) in [6.45, 7) is -1.11. The molecule has 4 rings (SSSR count). The number of hydrogen-bond donors (Lipinski definition) is 8. The zero-order chi connectivity index (χ0) is 26.0. The number of pyridine rings is 1. The van der Waals surface area contributed by atoms with Gasteiger partial charge in [0, 0.05) is 34.3 Å². The van der Waals surface area contributed by atoms with Gasteiger partial charge in [0.2, 0.25) is 0 Å². The monoisotopic (exact) mass is 501 g/mol. The Balaban J connectivity index is 1.63. The van der Waals surface area contributed by atoms with E-state index in [0.717, 1.165) is 0 Å². The quantitative estimate of drug-likeness (QED) is 0.191. The van der Waals surface area contributed by atoms with Crippen LogP contribution in [0.25, 0.3) is 10.8 Å². The highest BCUT2D eigenvalue weighted by atomic mass is 16.5. The van der Waals surface area contributed by atoms with Gasteiger partial charge in [-0.3, -0.25) is 4.98 Å². The second kappa shape index (κ2) is 11.2. The summed E-state index contributed by atoms with van der Waals surface area (Å²) < 4.78 is 10.8. The molecule has 2 aromatic rings. The number of aromatic nitrogens is 1. The molecule has 0 aliphatic carbocycles. The Hall–Kier alpha value is -2.65. The molecule has 11 heteroatoms. The van der Waals surface area contributed by atoms with Crippen molar-refractivity contribution in [1.82, 2.24) is 4.98 Å². The van der Waals surface area contributed by atoms with Crippen LogP contribution in [0.1, 0.15) is 11.1 Å². The van der Waals surface area contributed by atoms with E-state index in [2.05, 4.69) is 28.7 Å². The number of rotatable bonds is 2. The third-order valence-corrected chi connectivity index (χ3v) is 6.30. The largest absolute Gasteiger partial charge is 0.394 e. The Bertz CT molecular complexity index is 1100. The maximum Gasteiger partial charge on any atom is 0.147 e. The first-order valence-corrected chi connectivity index (χ1v) is 11.3. The van der Waals surface area contributed by atoms with Gasteiger partial charge in [-0.15, -0.1) is 0 Å². The molecule has 36 heavy (non-hydrogen) atoms. The average molecular weight is 501 g/mol. The van der Waals surface area contributed by atoms with Gasteiger partial charge in [0.25, 0.3) is 0 Å². The predicted octanol–water partition coefficient (Wildman–Crippen LogP) is -3.38. The molecule has 3 heterocycles. The first-order valence-electron chi connectivity index (χ1n) is 11.3. The minimum Gasteiger partial charge on any atom is -0.394 e. The van der Waals surface area contributed by atoms with Crippen molar-refractivity contribution in [3.05, 3.63) is 41.7 Å². The van der Waals surface area contributed by atoms with Crippen molar-refractivity contribution in [2.45, 2.75) is 61.0 Å². The van der Waals surface area contributed by atoms with E-state index < -0.39 is 74.3 Å². The molecule has 192 valence electrons. The Kier molecular flexibility index (Phi) is 8.20. The summed E-state index contributed by atoms with van der Waals surface area (Å²) >= 11 is 0. The molecule has 0 saturated carbocycles. The van der Waals surface area contributed by atoms with Gasteiger partial charge in [-0.25, -0.2) is 0 Å². The SMILES string of the molecule is OC[C@H]1O[C@H](C#Cc2ccc(C#C[C@H]3O[C@H](CO)[C@@H](O)[C@H](O)[C@@H]3O)c3cnccc23)[C@@H](O)[C@@H](O)[C@@H]1O. The van der Waals surface area contributed by atoms with E-state index in [-0.39, 0.29) is 0 Å². The third kappa shape index (κ3) is 5.09. The van der Waals surface area contributed by atoms with E-state index in [1.807, 2.05) is 0 Å². The first-order chi connectivity index (χ1) is 17.3. The van der Waals surface area contributed by atoms with Crippen molar-refractivity contribution < 1.29 is 50.3 Å². The lowest BCUT2D eigenvalue weighted by atomic mass is 9.94. The van der Waals surface area contributed by atoms with Crippen molar-refractivity contribution >= 4 is 10.8 Å². The van der Waals surface area contributed by atoms with E-state index in [4.69, 9.17) is 9.47 Å². The predicted molar refractivity (Wildman–Crippen MR) is 123 cm³/mol. The molecule has 0 bridgehead atoms. The van der Waals surface area contributed by atoms with Gasteiger partial charge < -0.3 is 50.3 Å². The molecule has 1 aromatic carbocycles. The smallest absolute Gasteiger partial charge is 0.147 e. The van der Waals surface area contributed by atoms with Crippen LogP contribution in [0, 0.1) is 23.7 Å². The topological polar surface area (TPSA) is 193 Å². The zero-order valence-electron chi connectivity index (χ0n) is 18.9. The van der Waals surface area contributed by atoms with E-state index in [1.54, 1.807) is 30.6 Å². The fourth-order valence-corrected chi connectivity index (χ4v) is 4.15. The van der Waals surface area contributed by atoms with Crippen molar-refractivity contribution in [1.29, 1.82) is 0 Å². The number of fused-ring (bicyclic) bond motifs is 1. The fraction of sp³-hybridized carbons (Fsp3) is 0.480. The Morgan fingerprint density at radius 3 is 1.58 bits per heavy atom. The summed E-state index contributed by atoms with van der Waals surface area (Å²) in [5, 5.41) is 80.2. The van der Waals surface area contributed by atoms with E-state index in [0.29, 0.717) is 21.9 Å². The van der Waals surface area contributed by atoms with Crippen LogP contribution in [-0.2, 0) is 9.47 Å². The molecule has 0 unspecified atom stereocenters. The molecule has 8 N–H and O–H groups in total. The van der Waals surface area contributed by atoms with Crippen LogP contribution in [0.4, 0.5) is 0 Å². The highest BCUT2D eigenvalue weighted by molar-refractivity contribution is 5.92. The molecule has 10 atom stereocenters. The van der Waals surface area contributed by atoms with Crippen molar-refractivity contribution in [2.75, 3.05) is 13.2 Å². The van der Waals surface area contributed by atoms with Crippen LogP contribution in [0.5, 0.6) is 0 Å². The molecule has 0 amide bonds. The van der Waals surface area contributed by atoms with Crippen LogP contribution in [0.2, 0.25) is 0 Å². The number of aliphatic hydroxyl groups excluding tert-OH is 8. The Morgan fingerprint density at radius 1 is 0.639 bits per heavy atom. The lowest BCUT2D eigenvalue weighted by Gasteiger charge is -2.37. The Labute approximate surface area is 206 Å². The molecule has 0 spiro atoms. The van der Waals surface area contributed by atoms with Crippen molar-refractivity contribution in [3.63, 3.8) is 0 Å². The number of ether oxygens (including phenoxy) is 2. The van der Waals surface area contributed by atoms with Gasteiger partial charge >= 0.3 is 0 Å². The summed E-state index contributed by atoms with van der Waals surface area (Å²) in [5.74, 6) is 11.2. The highest BCUT2D eigenvalue weighted by Gasteiger charge is 2.43. The average Bonchev–Trinajstić information content (AvgIpc) is 2.90. The standard InChI is InChI=1S/C25H27NO10/c27-10-18-22(31)24(33)20(29)16(35-18)5-3-12-1-2-13(15-9-26-8-7-14(12)15)4-6-17-21(30)25(34)23(32)19(11-28)36-17/h1-2,7-9,16-25,27-34H,10-11H2/t16-,17-,18-,19-,20-,21-,22-,23-,24-,25-/m1/s1. The summed E-state index contributed by atoms with van der Waals surface area (Å²) in [6.07, 6.45) is -10.3. The van der Waals surface area contributed by atoms with Gasteiger partial charge in [-0.1, -0.05) is 23.7 Å².